The zero-order chi connectivity index (χ0) is 28.5. The topological polar surface area (TPSA) is 90.4 Å². The van der Waals surface area contributed by atoms with Crippen molar-refractivity contribution in [2.75, 3.05) is 31.1 Å². The number of hydrogen-bond acceptors (Lipinski definition) is 5. The second-order valence-electron chi connectivity index (χ2n) is 11.7. The van der Waals surface area contributed by atoms with Crippen LogP contribution >= 0.6 is 0 Å². The third-order valence-electron chi connectivity index (χ3n) is 9.79. The maximum atomic E-state index is 14.5. The number of benzene rings is 1. The average molecular weight is 550 g/mol. The molecule has 1 aromatic carbocycles. The van der Waals surface area contributed by atoms with Crippen molar-refractivity contribution in [2.24, 2.45) is 11.8 Å². The van der Waals surface area contributed by atoms with Crippen LogP contribution in [0.2, 0.25) is 0 Å². The summed E-state index contributed by atoms with van der Waals surface area (Å²) in [5, 5.41) is 9.98. The summed E-state index contributed by atoms with van der Waals surface area (Å²) in [6, 6.07) is 8.61. The first-order valence-electron chi connectivity index (χ1n) is 14.9. The van der Waals surface area contributed by atoms with Gasteiger partial charge in [0.15, 0.2) is 0 Å². The van der Waals surface area contributed by atoms with Crippen molar-refractivity contribution in [1.29, 1.82) is 0 Å². The molecule has 40 heavy (non-hydrogen) atoms. The molecule has 1 saturated carbocycles. The molecule has 4 fully saturated rings. The molecule has 1 aliphatic carbocycles. The number of aliphatic hydroxyl groups is 1. The molecule has 4 aliphatic rings. The smallest absolute Gasteiger partial charge is 0.248 e. The summed E-state index contributed by atoms with van der Waals surface area (Å²) in [5.41, 5.74) is -1.20. The number of fused-ring (bicyclic) bond motifs is 1. The van der Waals surface area contributed by atoms with Gasteiger partial charge in [-0.15, -0.1) is 13.2 Å². The predicted octanol–water partition coefficient (Wildman–Crippen LogP) is 3.70. The third kappa shape index (κ3) is 4.40. The quantitative estimate of drug-likeness (QED) is 0.425. The summed E-state index contributed by atoms with van der Waals surface area (Å²) in [4.78, 5) is 48.3. The molecule has 1 aromatic rings. The first-order chi connectivity index (χ1) is 19.4. The van der Waals surface area contributed by atoms with Crippen LogP contribution in [0.3, 0.4) is 0 Å². The van der Waals surface area contributed by atoms with E-state index in [1.165, 1.54) is 4.90 Å². The second kappa shape index (κ2) is 11.5. The number of ether oxygens (including phenoxy) is 1. The molecular weight excluding hydrogens is 506 g/mol. The number of likely N-dealkylation sites (tertiary alicyclic amines) is 1. The zero-order valence-corrected chi connectivity index (χ0v) is 23.7. The molecule has 5 atom stereocenters. The molecule has 3 heterocycles. The Labute approximate surface area is 237 Å². The van der Waals surface area contributed by atoms with Gasteiger partial charge in [0.1, 0.15) is 11.6 Å². The van der Waals surface area contributed by atoms with Gasteiger partial charge in [-0.1, -0.05) is 56.5 Å². The lowest BCUT2D eigenvalue weighted by Gasteiger charge is -2.40. The lowest BCUT2D eigenvalue weighted by molar-refractivity contribution is -0.154. The van der Waals surface area contributed by atoms with Gasteiger partial charge in [0.25, 0.3) is 0 Å². The fourth-order valence-corrected chi connectivity index (χ4v) is 8.06. The number of amides is 3. The number of β-amino-alcohol motifs (C(OH)–C–C–N with tert-alkyl or cyclic N) is 1. The van der Waals surface area contributed by atoms with E-state index in [2.05, 4.69) is 13.2 Å². The van der Waals surface area contributed by atoms with E-state index in [-0.39, 0.29) is 36.9 Å². The van der Waals surface area contributed by atoms with E-state index in [0.717, 1.165) is 37.8 Å². The van der Waals surface area contributed by atoms with Crippen LogP contribution < -0.4 is 4.90 Å². The minimum atomic E-state index is -1.11. The van der Waals surface area contributed by atoms with Gasteiger partial charge in [0, 0.05) is 31.4 Å². The van der Waals surface area contributed by atoms with E-state index < -0.39 is 29.1 Å². The number of aliphatic hydroxyl groups excluding tert-OH is 1. The molecule has 0 aromatic heterocycles. The Bertz CT molecular complexity index is 1130. The zero-order valence-electron chi connectivity index (χ0n) is 23.7. The minimum Gasteiger partial charge on any atom is -0.395 e. The number of hydrogen-bond donors (Lipinski definition) is 1. The SMILES string of the molecule is C=CCN(C(=O)[C@H]1[C@H]2C(=O)N(CCO)C(C(=O)N(CC=C)C3CCCCC3)C23CC[C@]1(CC)O3)c1ccccc1. The Hall–Kier alpha value is -2.97. The Morgan fingerprint density at radius 1 is 1.07 bits per heavy atom. The first-order valence-corrected chi connectivity index (χ1v) is 14.9. The van der Waals surface area contributed by atoms with Gasteiger partial charge in [-0.05, 0) is 44.2 Å². The normalized spacial score (nSPS) is 31.2. The van der Waals surface area contributed by atoms with Crippen molar-refractivity contribution < 1.29 is 24.2 Å². The molecule has 2 bridgehead atoms. The van der Waals surface area contributed by atoms with E-state index >= 15 is 0 Å². The number of carbonyl (C=O) groups excluding carboxylic acids is 3. The molecule has 2 unspecified atom stereocenters. The summed E-state index contributed by atoms with van der Waals surface area (Å²) in [6.45, 7) is 10.2. The van der Waals surface area contributed by atoms with Crippen molar-refractivity contribution in [1.82, 2.24) is 9.80 Å². The average Bonchev–Trinajstić information content (AvgIpc) is 3.59. The summed E-state index contributed by atoms with van der Waals surface area (Å²) in [6.07, 6.45) is 10.2. The molecule has 8 nitrogen and oxygen atoms in total. The highest BCUT2D eigenvalue weighted by atomic mass is 16.5. The fraction of sp³-hybridized carbons (Fsp3) is 0.594. The molecule has 216 valence electrons. The monoisotopic (exact) mass is 549 g/mol. The summed E-state index contributed by atoms with van der Waals surface area (Å²) < 4.78 is 6.92. The molecule has 0 radical (unpaired) electrons. The Morgan fingerprint density at radius 3 is 2.40 bits per heavy atom. The van der Waals surface area contributed by atoms with Crippen LogP contribution in [0.1, 0.15) is 58.3 Å². The summed E-state index contributed by atoms with van der Waals surface area (Å²) >= 11 is 0. The molecule has 3 aliphatic heterocycles. The van der Waals surface area contributed by atoms with Gasteiger partial charge in [-0.3, -0.25) is 14.4 Å². The number of anilines is 1. The molecule has 8 heteroatoms. The first kappa shape index (κ1) is 28.6. The van der Waals surface area contributed by atoms with Crippen LogP contribution in [-0.4, -0.2) is 82.2 Å². The lowest BCUT2D eigenvalue weighted by Crippen LogP contribution is -2.58. The van der Waals surface area contributed by atoms with Crippen molar-refractivity contribution in [2.45, 2.75) is 81.6 Å². The van der Waals surface area contributed by atoms with E-state index in [1.54, 1.807) is 17.1 Å². The molecule has 1 spiro atoms. The third-order valence-corrected chi connectivity index (χ3v) is 9.79. The highest BCUT2D eigenvalue weighted by Gasteiger charge is 2.79. The Kier molecular flexibility index (Phi) is 8.20. The van der Waals surface area contributed by atoms with Gasteiger partial charge in [-0.2, -0.15) is 0 Å². The van der Waals surface area contributed by atoms with Crippen LogP contribution in [-0.2, 0) is 19.1 Å². The van der Waals surface area contributed by atoms with Crippen molar-refractivity contribution in [3.63, 3.8) is 0 Å². The molecule has 3 saturated heterocycles. The largest absolute Gasteiger partial charge is 0.395 e. The molecule has 1 N–H and O–H groups in total. The van der Waals surface area contributed by atoms with Crippen LogP contribution in [0.4, 0.5) is 5.69 Å². The Balaban J connectivity index is 1.57. The number of rotatable bonds is 11. The van der Waals surface area contributed by atoms with Gasteiger partial charge in [0.2, 0.25) is 17.7 Å². The summed E-state index contributed by atoms with van der Waals surface area (Å²) in [7, 11) is 0. The maximum Gasteiger partial charge on any atom is 0.248 e. The van der Waals surface area contributed by atoms with Crippen molar-refractivity contribution in [3.05, 3.63) is 55.6 Å². The number of para-hydroxylation sites is 1. The fourth-order valence-electron chi connectivity index (χ4n) is 8.06. The molecule has 3 amide bonds. The number of carbonyl (C=O) groups is 3. The van der Waals surface area contributed by atoms with Gasteiger partial charge in [0.05, 0.1) is 24.0 Å². The van der Waals surface area contributed by atoms with Crippen LogP contribution in [0.15, 0.2) is 55.6 Å². The van der Waals surface area contributed by atoms with Crippen molar-refractivity contribution in [3.8, 4) is 0 Å². The highest BCUT2D eigenvalue weighted by Crippen LogP contribution is 2.64. The second-order valence-corrected chi connectivity index (χ2v) is 11.7. The van der Waals surface area contributed by atoms with E-state index in [9.17, 15) is 19.5 Å². The lowest BCUT2D eigenvalue weighted by atomic mass is 9.64. The highest BCUT2D eigenvalue weighted by molar-refractivity contribution is 6.03. The molecule has 5 rings (SSSR count). The number of nitrogens with zero attached hydrogens (tertiary/aromatic N) is 3. The Morgan fingerprint density at radius 2 is 1.77 bits per heavy atom. The molecular formula is C32H43N3O5. The van der Waals surface area contributed by atoms with Crippen LogP contribution in [0.25, 0.3) is 0 Å². The van der Waals surface area contributed by atoms with E-state index in [4.69, 9.17) is 4.74 Å². The van der Waals surface area contributed by atoms with Crippen LogP contribution in [0, 0.1) is 11.8 Å². The standard InChI is InChI=1S/C32H43N3O5/c1-4-19-33(23-13-9-7-10-14-23)28(37)25-26-29(38)35(21-22-36)27(32(26)18-17-31(25,6-3)40-32)30(39)34(20-5-2)24-15-11-8-12-16-24/h4-5,7,9-10,13-14,24-27,36H,1-2,6,8,11-12,15-22H2,3H3/t25-,26+,27?,31+,32?/m1/s1. The van der Waals surface area contributed by atoms with E-state index in [1.807, 2.05) is 42.2 Å². The minimum absolute atomic E-state index is 0.0263. The van der Waals surface area contributed by atoms with E-state index in [0.29, 0.717) is 32.4 Å². The van der Waals surface area contributed by atoms with Gasteiger partial charge >= 0.3 is 0 Å². The van der Waals surface area contributed by atoms with Crippen LogP contribution in [0.5, 0.6) is 0 Å². The van der Waals surface area contributed by atoms with Gasteiger partial charge < -0.3 is 24.5 Å². The maximum absolute atomic E-state index is 14.5. The predicted molar refractivity (Wildman–Crippen MR) is 153 cm³/mol. The summed E-state index contributed by atoms with van der Waals surface area (Å²) in [5.74, 6) is -2.13. The van der Waals surface area contributed by atoms with Crippen molar-refractivity contribution >= 4 is 23.4 Å². The van der Waals surface area contributed by atoms with Gasteiger partial charge in [-0.25, -0.2) is 0 Å².